The zero-order valence-corrected chi connectivity index (χ0v) is 25.3. The molecule has 0 saturated carbocycles. The summed E-state index contributed by atoms with van der Waals surface area (Å²) in [4.78, 5) is 32.0. The lowest BCUT2D eigenvalue weighted by atomic mass is 9.98. The maximum atomic E-state index is 12.7. The Kier molecular flexibility index (Phi) is 13.6. The van der Waals surface area contributed by atoms with Crippen LogP contribution in [0.3, 0.4) is 0 Å². The van der Waals surface area contributed by atoms with Crippen molar-refractivity contribution in [3.63, 3.8) is 0 Å². The van der Waals surface area contributed by atoms with Crippen LogP contribution >= 0.6 is 11.3 Å². The Labute approximate surface area is 238 Å². The number of cyclic esters (lactones) is 2. The molecule has 0 amide bonds. The summed E-state index contributed by atoms with van der Waals surface area (Å²) < 4.78 is 11.4. The monoisotopic (exact) mass is 555 g/mol. The van der Waals surface area contributed by atoms with Gasteiger partial charge in [-0.25, -0.2) is 9.78 Å². The van der Waals surface area contributed by atoms with Crippen molar-refractivity contribution in [1.82, 2.24) is 9.88 Å². The maximum absolute atomic E-state index is 12.7. The van der Waals surface area contributed by atoms with E-state index < -0.39 is 12.1 Å². The molecule has 1 aliphatic rings. The van der Waals surface area contributed by atoms with E-state index in [1.165, 1.54) is 6.08 Å². The molecule has 0 aliphatic carbocycles. The molecule has 0 spiro atoms. The van der Waals surface area contributed by atoms with E-state index in [1.807, 2.05) is 58.5 Å². The maximum Gasteiger partial charge on any atom is 0.331 e. The van der Waals surface area contributed by atoms with Crippen molar-refractivity contribution in [2.45, 2.75) is 84.5 Å². The Balaban J connectivity index is 2.30. The van der Waals surface area contributed by atoms with Gasteiger partial charge in [-0.05, 0) is 54.3 Å². The van der Waals surface area contributed by atoms with Gasteiger partial charge in [0.15, 0.2) is 0 Å². The van der Waals surface area contributed by atoms with Crippen molar-refractivity contribution >= 4 is 23.3 Å². The number of thiazole rings is 1. The SMILES string of the molecule is CC(/C=C/C(C)=C/[C@@H]1Cc2nc(cs2)[C@@H](C)C[C@@H](N)CC(=O)O[C@@H](C)C/C(C)=C/C=C\C(=O)O1)=C\CN(C)C. The molecule has 2 bridgehead atoms. The van der Waals surface area contributed by atoms with Crippen LogP contribution in [0.2, 0.25) is 0 Å². The van der Waals surface area contributed by atoms with Crippen molar-refractivity contribution in [2.24, 2.45) is 5.73 Å². The lowest BCUT2D eigenvalue weighted by molar-refractivity contribution is -0.148. The van der Waals surface area contributed by atoms with E-state index in [2.05, 4.69) is 30.9 Å². The molecule has 1 aliphatic heterocycles. The number of nitrogens with zero attached hydrogens (tertiary/aromatic N) is 2. The number of hydrogen-bond acceptors (Lipinski definition) is 8. The van der Waals surface area contributed by atoms with Crippen LogP contribution in [0.15, 0.2) is 64.6 Å². The summed E-state index contributed by atoms with van der Waals surface area (Å²) in [6.45, 7) is 10.8. The molecule has 2 N–H and O–H groups in total. The summed E-state index contributed by atoms with van der Waals surface area (Å²) in [6.07, 6.45) is 14.2. The second kappa shape index (κ2) is 16.3. The van der Waals surface area contributed by atoms with E-state index in [-0.39, 0.29) is 30.5 Å². The number of hydrogen-bond donors (Lipinski definition) is 1. The first-order valence-corrected chi connectivity index (χ1v) is 14.4. The average molecular weight is 556 g/mol. The molecule has 4 atom stereocenters. The van der Waals surface area contributed by atoms with Crippen molar-refractivity contribution < 1.29 is 19.1 Å². The summed E-state index contributed by atoms with van der Waals surface area (Å²) in [6, 6.07) is -0.312. The minimum atomic E-state index is -0.465. The number of aromatic nitrogens is 1. The highest BCUT2D eigenvalue weighted by Gasteiger charge is 2.20. The predicted octanol–water partition coefficient (Wildman–Crippen LogP) is 5.66. The van der Waals surface area contributed by atoms with Crippen LogP contribution < -0.4 is 5.73 Å². The standard InChI is InChI=1S/C31H45N3O4S/c1-21(13-14-34(6)7)11-12-23(3)16-27-19-29-33-28(20-39-29)24(4)17-26(32)18-31(36)37-25(5)15-22(2)9-8-10-30(35)38-27/h8-13,16,20,24-27H,14-15,17-19,32H2,1-7H3/b10-8-,12-11+,21-13+,22-9+,23-16+/t24-,25-,26+,27+/m0/s1. The number of ether oxygens (including phenoxy) is 2. The van der Waals surface area contributed by atoms with E-state index >= 15 is 0 Å². The Morgan fingerprint density at radius 2 is 1.85 bits per heavy atom. The zero-order chi connectivity index (χ0) is 28.9. The minimum Gasteiger partial charge on any atom is -0.462 e. The molecule has 0 fully saturated rings. The minimum absolute atomic E-state index is 0.0866. The van der Waals surface area contributed by atoms with E-state index in [9.17, 15) is 9.59 Å². The van der Waals surface area contributed by atoms with Gasteiger partial charge in [0.05, 0.1) is 17.1 Å². The third-order valence-corrected chi connectivity index (χ3v) is 7.08. The van der Waals surface area contributed by atoms with E-state index in [4.69, 9.17) is 20.2 Å². The average Bonchev–Trinajstić information content (AvgIpc) is 3.29. The third kappa shape index (κ3) is 13.2. The van der Waals surface area contributed by atoms with Gasteiger partial charge < -0.3 is 20.1 Å². The second-order valence-electron chi connectivity index (χ2n) is 10.8. The first-order chi connectivity index (χ1) is 18.4. The highest BCUT2D eigenvalue weighted by Crippen LogP contribution is 2.25. The quantitative estimate of drug-likeness (QED) is 0.370. The van der Waals surface area contributed by atoms with Crippen LogP contribution in [-0.4, -0.2) is 60.7 Å². The van der Waals surface area contributed by atoms with Gasteiger partial charge >= 0.3 is 11.9 Å². The van der Waals surface area contributed by atoms with Gasteiger partial charge in [-0.15, -0.1) is 11.3 Å². The number of likely N-dealkylation sites (N-methyl/N-ethyl adjacent to an activating group) is 1. The molecule has 2 heterocycles. The Bertz CT molecular complexity index is 1110. The normalized spacial score (nSPS) is 27.3. The zero-order valence-electron chi connectivity index (χ0n) is 24.5. The fourth-order valence-corrected chi connectivity index (χ4v) is 5.11. The number of fused-ring (bicyclic) bond motifs is 2. The smallest absolute Gasteiger partial charge is 0.331 e. The topological polar surface area (TPSA) is 94.8 Å². The fraction of sp³-hybridized carbons (Fsp3) is 0.516. The number of esters is 2. The van der Waals surface area contributed by atoms with Gasteiger partial charge in [0.1, 0.15) is 12.2 Å². The summed E-state index contributed by atoms with van der Waals surface area (Å²) in [5.74, 6) is -0.635. The van der Waals surface area contributed by atoms with Crippen LogP contribution in [0.25, 0.3) is 0 Å². The molecule has 8 heteroatoms. The molecule has 2 rings (SSSR count). The highest BCUT2D eigenvalue weighted by molar-refractivity contribution is 7.09. The van der Waals surface area contributed by atoms with Gasteiger partial charge in [0.2, 0.25) is 0 Å². The van der Waals surface area contributed by atoms with Gasteiger partial charge in [-0.2, -0.15) is 0 Å². The molecule has 1 aromatic heterocycles. The Morgan fingerprint density at radius 1 is 1.13 bits per heavy atom. The van der Waals surface area contributed by atoms with E-state index in [0.29, 0.717) is 19.3 Å². The molecular formula is C31H45N3O4S. The molecule has 214 valence electrons. The molecule has 0 saturated heterocycles. The van der Waals surface area contributed by atoms with E-state index in [1.54, 1.807) is 17.4 Å². The summed E-state index contributed by atoms with van der Waals surface area (Å²) >= 11 is 1.54. The molecule has 0 unspecified atom stereocenters. The van der Waals surface area contributed by atoms with Crippen LogP contribution in [0.1, 0.15) is 70.5 Å². The number of carbonyl (C=O) groups excluding carboxylic acids is 2. The largest absolute Gasteiger partial charge is 0.462 e. The summed E-state index contributed by atoms with van der Waals surface area (Å²) in [5.41, 5.74) is 10.4. The van der Waals surface area contributed by atoms with E-state index in [0.717, 1.165) is 34.0 Å². The number of rotatable bonds is 5. The first kappa shape index (κ1) is 32.4. The summed E-state index contributed by atoms with van der Waals surface area (Å²) in [5, 5.41) is 2.90. The molecule has 7 nitrogen and oxygen atoms in total. The number of allylic oxidation sites excluding steroid dienone is 6. The number of nitrogens with two attached hydrogens (primary N) is 1. The number of carbonyl (C=O) groups is 2. The van der Waals surface area contributed by atoms with Crippen LogP contribution in [-0.2, 0) is 25.5 Å². The van der Waals surface area contributed by atoms with Crippen molar-refractivity contribution in [2.75, 3.05) is 20.6 Å². The van der Waals surface area contributed by atoms with Gasteiger partial charge in [0.25, 0.3) is 0 Å². The highest BCUT2D eigenvalue weighted by atomic mass is 32.1. The first-order valence-electron chi connectivity index (χ1n) is 13.5. The summed E-state index contributed by atoms with van der Waals surface area (Å²) in [7, 11) is 4.07. The second-order valence-corrected chi connectivity index (χ2v) is 11.7. The lowest BCUT2D eigenvalue weighted by Crippen LogP contribution is -2.28. The van der Waals surface area contributed by atoms with Crippen molar-refractivity contribution in [3.8, 4) is 0 Å². The third-order valence-electron chi connectivity index (χ3n) is 6.19. The van der Waals surface area contributed by atoms with Gasteiger partial charge in [-0.1, -0.05) is 54.0 Å². The van der Waals surface area contributed by atoms with Gasteiger partial charge in [-0.3, -0.25) is 4.79 Å². The molecule has 0 aromatic carbocycles. The molecule has 0 radical (unpaired) electrons. The Morgan fingerprint density at radius 3 is 2.56 bits per heavy atom. The van der Waals surface area contributed by atoms with Crippen LogP contribution in [0, 0.1) is 0 Å². The predicted molar refractivity (Wildman–Crippen MR) is 160 cm³/mol. The van der Waals surface area contributed by atoms with Crippen molar-refractivity contribution in [3.05, 3.63) is 75.3 Å². The Hall–Kier alpha value is -2.81. The fourth-order valence-electron chi connectivity index (χ4n) is 4.15. The molecule has 1 aromatic rings. The van der Waals surface area contributed by atoms with Crippen LogP contribution in [0.4, 0.5) is 0 Å². The molecule has 39 heavy (non-hydrogen) atoms. The van der Waals surface area contributed by atoms with Crippen molar-refractivity contribution in [1.29, 1.82) is 0 Å². The van der Waals surface area contributed by atoms with Crippen LogP contribution in [0.5, 0.6) is 0 Å². The molecular weight excluding hydrogens is 510 g/mol. The lowest BCUT2D eigenvalue weighted by Gasteiger charge is -2.18. The van der Waals surface area contributed by atoms with Gasteiger partial charge in [0, 0.05) is 42.8 Å².